The molecule has 1 rings (SSSR count). The molecule has 1 fully saturated rings. The van der Waals surface area contributed by atoms with Crippen molar-refractivity contribution in [3.05, 3.63) is 0 Å². The normalized spacial score (nSPS) is 23.1. The molecule has 1 atom stereocenters. The molecule has 18 heavy (non-hydrogen) atoms. The predicted molar refractivity (Wildman–Crippen MR) is 78.9 cm³/mol. The third-order valence-electron chi connectivity index (χ3n) is 3.33. The first-order valence-corrected chi connectivity index (χ1v) is 7.20. The summed E-state index contributed by atoms with van der Waals surface area (Å²) in [5, 5.41) is 3.18. The molecule has 4 heteroatoms. The van der Waals surface area contributed by atoms with Crippen LogP contribution in [-0.4, -0.2) is 42.1 Å². The summed E-state index contributed by atoms with van der Waals surface area (Å²) < 4.78 is 0. The Morgan fingerprint density at radius 2 is 2.11 bits per heavy atom. The Labute approximate surface area is 112 Å². The van der Waals surface area contributed by atoms with Gasteiger partial charge in [-0.15, -0.1) is 0 Å². The zero-order valence-corrected chi connectivity index (χ0v) is 12.5. The Morgan fingerprint density at radius 1 is 1.39 bits per heavy atom. The van der Waals surface area contributed by atoms with Crippen molar-refractivity contribution in [2.24, 2.45) is 10.7 Å². The number of nitrogens with two attached hydrogens (primary N) is 1. The highest BCUT2D eigenvalue weighted by Crippen LogP contribution is 2.16. The van der Waals surface area contributed by atoms with E-state index in [9.17, 15) is 0 Å². The van der Waals surface area contributed by atoms with Gasteiger partial charge in [-0.3, -0.25) is 4.99 Å². The fourth-order valence-electron chi connectivity index (χ4n) is 2.39. The summed E-state index contributed by atoms with van der Waals surface area (Å²) in [4.78, 5) is 6.95. The molecule has 0 radical (unpaired) electrons. The summed E-state index contributed by atoms with van der Waals surface area (Å²) in [6.45, 7) is 11.8. The van der Waals surface area contributed by atoms with Crippen molar-refractivity contribution in [1.29, 1.82) is 0 Å². The number of rotatable bonds is 4. The maximum Gasteiger partial charge on any atom is 0.188 e. The second-order valence-corrected chi connectivity index (χ2v) is 6.38. The van der Waals surface area contributed by atoms with Crippen LogP contribution in [-0.2, 0) is 0 Å². The van der Waals surface area contributed by atoms with Gasteiger partial charge in [-0.1, -0.05) is 6.42 Å². The second kappa shape index (κ2) is 6.98. The molecule has 0 amide bonds. The molecule has 1 saturated heterocycles. The molecule has 106 valence electrons. The molecule has 1 unspecified atom stereocenters. The summed E-state index contributed by atoms with van der Waals surface area (Å²) in [5.74, 6) is 0.564. The number of nitrogens with one attached hydrogen (secondary N) is 1. The van der Waals surface area contributed by atoms with E-state index in [1.165, 1.54) is 25.8 Å². The number of nitrogens with zero attached hydrogens (tertiary/aromatic N) is 2. The Bertz CT molecular complexity index is 267. The number of likely N-dealkylation sites (tertiary alicyclic amines) is 1. The first-order valence-electron chi connectivity index (χ1n) is 7.20. The lowest BCUT2D eigenvalue weighted by Gasteiger charge is -2.33. The number of piperidine rings is 1. The van der Waals surface area contributed by atoms with Crippen molar-refractivity contribution in [1.82, 2.24) is 10.2 Å². The van der Waals surface area contributed by atoms with Crippen LogP contribution in [0.15, 0.2) is 4.99 Å². The highest BCUT2D eigenvalue weighted by Gasteiger charge is 2.17. The lowest BCUT2D eigenvalue weighted by Crippen LogP contribution is -2.45. The largest absolute Gasteiger partial charge is 0.370 e. The van der Waals surface area contributed by atoms with Crippen molar-refractivity contribution in [2.45, 2.75) is 65.0 Å². The third-order valence-corrected chi connectivity index (χ3v) is 3.33. The van der Waals surface area contributed by atoms with E-state index in [0.717, 1.165) is 25.6 Å². The van der Waals surface area contributed by atoms with E-state index in [0.29, 0.717) is 5.96 Å². The number of hydrogen-bond acceptors (Lipinski definition) is 2. The van der Waals surface area contributed by atoms with E-state index in [1.807, 2.05) is 0 Å². The standard InChI is InChI=1S/C14H30N4/c1-12-8-5-6-10-18(12)11-7-9-16-13(15)17-14(2,3)4/h12H,5-11H2,1-4H3,(H3,15,16,17). The zero-order chi connectivity index (χ0) is 13.6. The van der Waals surface area contributed by atoms with Crippen molar-refractivity contribution in [3.63, 3.8) is 0 Å². The Kier molecular flexibility index (Phi) is 5.93. The lowest BCUT2D eigenvalue weighted by atomic mass is 10.0. The molecule has 1 aliphatic heterocycles. The molecule has 1 heterocycles. The number of hydrogen-bond donors (Lipinski definition) is 2. The van der Waals surface area contributed by atoms with Crippen LogP contribution in [0.25, 0.3) is 0 Å². The average molecular weight is 254 g/mol. The molecule has 3 N–H and O–H groups in total. The van der Waals surface area contributed by atoms with E-state index in [2.05, 4.69) is 42.9 Å². The van der Waals surface area contributed by atoms with E-state index in [1.54, 1.807) is 0 Å². The maximum atomic E-state index is 5.83. The van der Waals surface area contributed by atoms with E-state index in [4.69, 9.17) is 5.73 Å². The Hall–Kier alpha value is -0.770. The fourth-order valence-corrected chi connectivity index (χ4v) is 2.39. The van der Waals surface area contributed by atoms with Gasteiger partial charge >= 0.3 is 0 Å². The molecule has 0 saturated carbocycles. The average Bonchev–Trinajstić information content (AvgIpc) is 2.24. The van der Waals surface area contributed by atoms with Crippen molar-refractivity contribution >= 4 is 5.96 Å². The van der Waals surface area contributed by atoms with Crippen LogP contribution in [0.5, 0.6) is 0 Å². The Balaban J connectivity index is 2.19. The van der Waals surface area contributed by atoms with Gasteiger partial charge in [0.25, 0.3) is 0 Å². The fraction of sp³-hybridized carbons (Fsp3) is 0.929. The third kappa shape index (κ3) is 6.24. The maximum absolute atomic E-state index is 5.83. The minimum Gasteiger partial charge on any atom is -0.370 e. The van der Waals surface area contributed by atoms with Crippen molar-refractivity contribution < 1.29 is 0 Å². The predicted octanol–water partition coefficient (Wildman–Crippen LogP) is 1.95. The molecule has 0 aliphatic carbocycles. The van der Waals surface area contributed by atoms with Gasteiger partial charge < -0.3 is 16.0 Å². The van der Waals surface area contributed by atoms with E-state index < -0.39 is 0 Å². The molecular weight excluding hydrogens is 224 g/mol. The summed E-state index contributed by atoms with van der Waals surface area (Å²) in [5.41, 5.74) is 5.83. The Morgan fingerprint density at radius 3 is 2.72 bits per heavy atom. The first-order chi connectivity index (χ1) is 8.38. The van der Waals surface area contributed by atoms with Gasteiger partial charge in [0.05, 0.1) is 0 Å². The summed E-state index contributed by atoms with van der Waals surface area (Å²) in [6, 6.07) is 0.743. The summed E-state index contributed by atoms with van der Waals surface area (Å²) in [6.07, 6.45) is 5.17. The molecule has 0 spiro atoms. The van der Waals surface area contributed by atoms with Crippen LogP contribution in [0.1, 0.15) is 53.4 Å². The van der Waals surface area contributed by atoms with Crippen LogP contribution in [0, 0.1) is 0 Å². The van der Waals surface area contributed by atoms with Crippen LogP contribution in [0.3, 0.4) is 0 Å². The van der Waals surface area contributed by atoms with Crippen LogP contribution in [0.4, 0.5) is 0 Å². The van der Waals surface area contributed by atoms with Crippen LogP contribution < -0.4 is 11.1 Å². The topological polar surface area (TPSA) is 53.6 Å². The second-order valence-electron chi connectivity index (χ2n) is 6.38. The minimum absolute atomic E-state index is 0.00499. The molecule has 1 aliphatic rings. The monoisotopic (exact) mass is 254 g/mol. The molecule has 0 aromatic carbocycles. The molecule has 0 bridgehead atoms. The first kappa shape index (κ1) is 15.3. The van der Waals surface area contributed by atoms with Crippen LogP contribution in [0.2, 0.25) is 0 Å². The van der Waals surface area contributed by atoms with Crippen molar-refractivity contribution in [3.8, 4) is 0 Å². The SMILES string of the molecule is CC1CCCCN1CCCN=C(N)NC(C)(C)C. The van der Waals surface area contributed by atoms with Gasteiger partial charge in [0, 0.05) is 24.7 Å². The van der Waals surface area contributed by atoms with Gasteiger partial charge in [0.15, 0.2) is 5.96 Å². The van der Waals surface area contributed by atoms with Gasteiger partial charge in [0.2, 0.25) is 0 Å². The lowest BCUT2D eigenvalue weighted by molar-refractivity contribution is 0.160. The summed E-state index contributed by atoms with van der Waals surface area (Å²) >= 11 is 0. The summed E-state index contributed by atoms with van der Waals surface area (Å²) in [7, 11) is 0. The molecule has 4 nitrogen and oxygen atoms in total. The van der Waals surface area contributed by atoms with Crippen LogP contribution >= 0.6 is 0 Å². The molecule has 0 aromatic heterocycles. The van der Waals surface area contributed by atoms with Crippen molar-refractivity contribution in [2.75, 3.05) is 19.6 Å². The zero-order valence-electron chi connectivity index (χ0n) is 12.5. The van der Waals surface area contributed by atoms with Gasteiger partial charge in [-0.2, -0.15) is 0 Å². The number of guanidine groups is 1. The molecular formula is C14H30N4. The van der Waals surface area contributed by atoms with E-state index in [-0.39, 0.29) is 5.54 Å². The quantitative estimate of drug-likeness (QED) is 0.458. The highest BCUT2D eigenvalue weighted by atomic mass is 15.2. The van der Waals surface area contributed by atoms with Gasteiger partial charge in [-0.25, -0.2) is 0 Å². The molecule has 0 aromatic rings. The number of aliphatic imine (C=N–C) groups is 1. The van der Waals surface area contributed by atoms with Gasteiger partial charge in [0.1, 0.15) is 0 Å². The minimum atomic E-state index is -0.00499. The smallest absolute Gasteiger partial charge is 0.188 e. The highest BCUT2D eigenvalue weighted by molar-refractivity contribution is 5.78. The van der Waals surface area contributed by atoms with Gasteiger partial charge in [-0.05, 0) is 53.5 Å². The van der Waals surface area contributed by atoms with E-state index >= 15 is 0 Å².